The van der Waals surface area contributed by atoms with Gasteiger partial charge in [0.15, 0.2) is 0 Å². The molecule has 0 spiro atoms. The first-order valence-corrected chi connectivity index (χ1v) is 5.84. The first-order chi connectivity index (χ1) is 8.77. The molecule has 0 saturated heterocycles. The fourth-order valence-electron chi connectivity index (χ4n) is 0.911. The first-order valence-electron chi connectivity index (χ1n) is 5.84. The number of aliphatic carboxylic acids is 1. The predicted molar refractivity (Wildman–Crippen MR) is 73.2 cm³/mol. The molecule has 0 unspecified atom stereocenters. The molecule has 96 valence electrons. The fourth-order valence-corrected chi connectivity index (χ4v) is 0.911. The molecule has 3 nitrogen and oxygen atoms in total. The van der Waals surface area contributed by atoms with Crippen molar-refractivity contribution in [3.8, 4) is 0 Å². The lowest BCUT2D eigenvalue weighted by atomic mass is 10.4. The van der Waals surface area contributed by atoms with Crippen LogP contribution in [0.1, 0.15) is 19.8 Å². The normalized spacial score (nSPS) is 8.06. The van der Waals surface area contributed by atoms with Gasteiger partial charge in [0, 0.05) is 18.8 Å². The maximum atomic E-state index is 9.60. The lowest BCUT2D eigenvalue weighted by molar-refractivity contribution is -0.137. The Balaban J connectivity index is 0.000000241. The van der Waals surface area contributed by atoms with E-state index >= 15 is 0 Å². The summed E-state index contributed by atoms with van der Waals surface area (Å²) in [6, 6.07) is 17.7. The van der Waals surface area contributed by atoms with Crippen molar-refractivity contribution in [1.29, 1.82) is 0 Å². The summed E-state index contributed by atoms with van der Waals surface area (Å²) in [4.78, 5) is 13.4. The summed E-state index contributed by atoms with van der Waals surface area (Å²) in [6.45, 7) is 1.84. The van der Waals surface area contributed by atoms with E-state index < -0.39 is 5.97 Å². The topological polar surface area (TPSA) is 50.2 Å². The second kappa shape index (κ2) is 12.9. The molecule has 0 atom stereocenters. The summed E-state index contributed by atoms with van der Waals surface area (Å²) in [5.74, 6) is -0.711. The molecule has 1 heterocycles. The van der Waals surface area contributed by atoms with Crippen LogP contribution in [-0.2, 0) is 4.79 Å². The zero-order valence-electron chi connectivity index (χ0n) is 10.6. The van der Waals surface area contributed by atoms with Crippen LogP contribution >= 0.6 is 0 Å². The highest BCUT2D eigenvalue weighted by Crippen LogP contribution is 1.82. The van der Waals surface area contributed by atoms with E-state index in [2.05, 4.69) is 4.98 Å². The van der Waals surface area contributed by atoms with Crippen LogP contribution < -0.4 is 0 Å². The van der Waals surface area contributed by atoms with Gasteiger partial charge in [0.25, 0.3) is 0 Å². The Morgan fingerprint density at radius 3 is 1.39 bits per heavy atom. The SMILES string of the molecule is CCCC(=O)O.c1ccccc1.c1ccncc1. The summed E-state index contributed by atoms with van der Waals surface area (Å²) in [6.07, 6.45) is 4.52. The van der Waals surface area contributed by atoms with Crippen molar-refractivity contribution < 1.29 is 9.90 Å². The Bertz CT molecular complexity index is 291. The molecular formula is C15H19NO2. The molecule has 0 aliphatic carbocycles. The van der Waals surface area contributed by atoms with Crippen LogP contribution in [0.2, 0.25) is 0 Å². The second-order valence-electron chi connectivity index (χ2n) is 3.32. The number of rotatable bonds is 2. The van der Waals surface area contributed by atoms with E-state index in [-0.39, 0.29) is 0 Å². The third kappa shape index (κ3) is 13.8. The average Bonchev–Trinajstić information content (AvgIpc) is 2.44. The predicted octanol–water partition coefficient (Wildman–Crippen LogP) is 3.64. The Morgan fingerprint density at radius 1 is 0.889 bits per heavy atom. The molecule has 0 saturated carbocycles. The monoisotopic (exact) mass is 245 g/mol. The van der Waals surface area contributed by atoms with E-state index in [1.165, 1.54) is 0 Å². The van der Waals surface area contributed by atoms with Gasteiger partial charge < -0.3 is 5.11 Å². The number of hydrogen-bond acceptors (Lipinski definition) is 2. The second-order valence-corrected chi connectivity index (χ2v) is 3.32. The van der Waals surface area contributed by atoms with Crippen LogP contribution in [0, 0.1) is 0 Å². The van der Waals surface area contributed by atoms with Crippen molar-refractivity contribution in [1.82, 2.24) is 4.98 Å². The van der Waals surface area contributed by atoms with Gasteiger partial charge in [-0.3, -0.25) is 9.78 Å². The minimum atomic E-state index is -0.711. The highest BCUT2D eigenvalue weighted by Gasteiger charge is 1.87. The number of hydrogen-bond donors (Lipinski definition) is 1. The van der Waals surface area contributed by atoms with Crippen molar-refractivity contribution in [3.05, 3.63) is 67.0 Å². The summed E-state index contributed by atoms with van der Waals surface area (Å²) in [7, 11) is 0. The number of pyridine rings is 1. The first kappa shape index (κ1) is 15.8. The smallest absolute Gasteiger partial charge is 0.303 e. The van der Waals surface area contributed by atoms with Crippen molar-refractivity contribution in [2.45, 2.75) is 19.8 Å². The van der Waals surface area contributed by atoms with Gasteiger partial charge in [-0.1, -0.05) is 49.4 Å². The Hall–Kier alpha value is -2.16. The highest BCUT2D eigenvalue weighted by atomic mass is 16.4. The van der Waals surface area contributed by atoms with E-state index in [1.54, 1.807) is 12.4 Å². The molecule has 1 aromatic heterocycles. The van der Waals surface area contributed by atoms with Crippen LogP contribution in [0.5, 0.6) is 0 Å². The van der Waals surface area contributed by atoms with Crippen LogP contribution in [0.3, 0.4) is 0 Å². The largest absolute Gasteiger partial charge is 0.481 e. The molecule has 3 heteroatoms. The summed E-state index contributed by atoms with van der Waals surface area (Å²) in [5.41, 5.74) is 0. The summed E-state index contributed by atoms with van der Waals surface area (Å²) < 4.78 is 0. The van der Waals surface area contributed by atoms with Gasteiger partial charge in [-0.05, 0) is 18.6 Å². The Morgan fingerprint density at radius 2 is 1.28 bits per heavy atom. The van der Waals surface area contributed by atoms with E-state index in [0.717, 1.165) is 6.42 Å². The molecule has 0 aliphatic heterocycles. The molecule has 2 aromatic rings. The van der Waals surface area contributed by atoms with Gasteiger partial charge >= 0.3 is 5.97 Å². The molecule has 0 amide bonds. The van der Waals surface area contributed by atoms with Crippen LogP contribution in [0.25, 0.3) is 0 Å². The van der Waals surface area contributed by atoms with E-state index in [9.17, 15) is 4.79 Å². The van der Waals surface area contributed by atoms with Crippen LogP contribution in [0.4, 0.5) is 0 Å². The lowest BCUT2D eigenvalue weighted by Gasteiger charge is -1.79. The number of benzene rings is 1. The molecule has 0 bridgehead atoms. The van der Waals surface area contributed by atoms with Crippen molar-refractivity contribution in [2.24, 2.45) is 0 Å². The lowest BCUT2D eigenvalue weighted by Crippen LogP contribution is -1.90. The summed E-state index contributed by atoms with van der Waals surface area (Å²) >= 11 is 0. The van der Waals surface area contributed by atoms with Crippen LogP contribution in [0.15, 0.2) is 67.0 Å². The van der Waals surface area contributed by atoms with Crippen molar-refractivity contribution >= 4 is 5.97 Å². The Labute approximate surface area is 108 Å². The molecule has 1 aromatic carbocycles. The highest BCUT2D eigenvalue weighted by molar-refractivity contribution is 5.66. The minimum absolute atomic E-state index is 0.292. The van der Waals surface area contributed by atoms with E-state index in [1.807, 2.05) is 61.5 Å². The molecule has 1 N–H and O–H groups in total. The van der Waals surface area contributed by atoms with Gasteiger partial charge in [-0.2, -0.15) is 0 Å². The van der Waals surface area contributed by atoms with E-state index in [0.29, 0.717) is 6.42 Å². The minimum Gasteiger partial charge on any atom is -0.481 e. The number of carboxylic acid groups (broad SMARTS) is 1. The molecule has 0 radical (unpaired) electrons. The number of carboxylic acids is 1. The van der Waals surface area contributed by atoms with Gasteiger partial charge in [0.2, 0.25) is 0 Å². The van der Waals surface area contributed by atoms with Crippen molar-refractivity contribution in [3.63, 3.8) is 0 Å². The average molecular weight is 245 g/mol. The molecule has 0 aliphatic rings. The quantitative estimate of drug-likeness (QED) is 0.878. The van der Waals surface area contributed by atoms with Crippen LogP contribution in [-0.4, -0.2) is 16.1 Å². The molecule has 2 rings (SSSR count). The molecule has 0 fully saturated rings. The zero-order valence-corrected chi connectivity index (χ0v) is 10.6. The Kier molecular flexibility index (Phi) is 11.4. The zero-order chi connectivity index (χ0) is 13.5. The third-order valence-corrected chi connectivity index (χ3v) is 1.70. The maximum absolute atomic E-state index is 9.60. The maximum Gasteiger partial charge on any atom is 0.303 e. The molecular weight excluding hydrogens is 226 g/mol. The van der Waals surface area contributed by atoms with Gasteiger partial charge in [0.1, 0.15) is 0 Å². The van der Waals surface area contributed by atoms with Gasteiger partial charge in [-0.15, -0.1) is 0 Å². The summed E-state index contributed by atoms with van der Waals surface area (Å²) in [5, 5.41) is 7.91. The number of carbonyl (C=O) groups is 1. The third-order valence-electron chi connectivity index (χ3n) is 1.70. The molecule has 18 heavy (non-hydrogen) atoms. The standard InChI is InChI=1S/C6H6.C5H5N.C4H8O2/c2*1-2-4-6-5-3-1;1-2-3-4(5)6/h1-6H;1-5H;2-3H2,1H3,(H,5,6). The van der Waals surface area contributed by atoms with Gasteiger partial charge in [0.05, 0.1) is 0 Å². The van der Waals surface area contributed by atoms with E-state index in [4.69, 9.17) is 5.11 Å². The number of nitrogens with zero attached hydrogens (tertiary/aromatic N) is 1. The van der Waals surface area contributed by atoms with Gasteiger partial charge in [-0.25, -0.2) is 0 Å². The fraction of sp³-hybridized carbons (Fsp3) is 0.200. The van der Waals surface area contributed by atoms with Crippen molar-refractivity contribution in [2.75, 3.05) is 0 Å². The number of aromatic nitrogens is 1.